The first-order chi connectivity index (χ1) is 15.2. The van der Waals surface area contributed by atoms with Crippen LogP contribution in [0, 0.1) is 0 Å². The van der Waals surface area contributed by atoms with E-state index in [-0.39, 0.29) is 5.91 Å². The van der Waals surface area contributed by atoms with Gasteiger partial charge in [-0.15, -0.1) is 0 Å². The first-order valence-electron chi connectivity index (χ1n) is 10.4. The molecule has 156 valence electrons. The fourth-order valence-corrected chi connectivity index (χ4v) is 3.91. The average Bonchev–Trinajstić information content (AvgIpc) is 3.25. The summed E-state index contributed by atoms with van der Waals surface area (Å²) in [5, 5.41) is 12.6. The van der Waals surface area contributed by atoms with Crippen LogP contribution in [0.1, 0.15) is 10.4 Å². The average molecular weight is 412 g/mol. The number of pyridine rings is 1. The zero-order valence-electron chi connectivity index (χ0n) is 17.4. The van der Waals surface area contributed by atoms with Gasteiger partial charge in [-0.2, -0.15) is 5.10 Å². The molecule has 3 heterocycles. The molecule has 0 unspecified atom stereocenters. The van der Waals surface area contributed by atoms with Crippen LogP contribution in [-0.2, 0) is 7.05 Å². The lowest BCUT2D eigenvalue weighted by atomic mass is 10.0. The Morgan fingerprint density at radius 1 is 1.00 bits per heavy atom. The van der Waals surface area contributed by atoms with Crippen molar-refractivity contribution < 1.29 is 4.79 Å². The number of nitrogens with zero attached hydrogens (tertiary/aromatic N) is 4. The number of carbonyl (C=O) groups excluding carboxylic acids is 1. The Hall–Kier alpha value is -3.71. The minimum Gasteiger partial charge on any atom is -0.369 e. The van der Waals surface area contributed by atoms with E-state index in [1.807, 2.05) is 49.8 Å². The molecule has 2 N–H and O–H groups in total. The van der Waals surface area contributed by atoms with Crippen molar-refractivity contribution in [1.29, 1.82) is 0 Å². The van der Waals surface area contributed by atoms with Crippen LogP contribution in [0.3, 0.4) is 0 Å². The zero-order valence-corrected chi connectivity index (χ0v) is 17.4. The number of piperazine rings is 1. The molecule has 5 rings (SSSR count). The van der Waals surface area contributed by atoms with E-state index in [9.17, 15) is 4.79 Å². The fraction of sp³-hybridized carbons (Fsp3) is 0.208. The maximum absolute atomic E-state index is 12.9. The van der Waals surface area contributed by atoms with Gasteiger partial charge in [0.05, 0.1) is 6.20 Å². The molecular weight excluding hydrogens is 388 g/mol. The summed E-state index contributed by atoms with van der Waals surface area (Å²) in [6.45, 7) is 3.80. The minimum atomic E-state index is -0.160. The molecule has 1 fully saturated rings. The Labute approximate surface area is 180 Å². The van der Waals surface area contributed by atoms with E-state index in [4.69, 9.17) is 0 Å². The van der Waals surface area contributed by atoms with Gasteiger partial charge in [-0.25, -0.2) is 4.98 Å². The number of hydrogen-bond acceptors (Lipinski definition) is 5. The number of fused-ring (bicyclic) bond motifs is 1. The second-order valence-corrected chi connectivity index (χ2v) is 7.78. The predicted molar refractivity (Wildman–Crippen MR) is 123 cm³/mol. The molecule has 2 aromatic heterocycles. The number of nitrogens with one attached hydrogen (secondary N) is 2. The zero-order chi connectivity index (χ0) is 21.2. The number of amides is 1. The van der Waals surface area contributed by atoms with Crippen LogP contribution in [0.5, 0.6) is 0 Å². The van der Waals surface area contributed by atoms with Gasteiger partial charge in [0.1, 0.15) is 5.82 Å². The lowest BCUT2D eigenvalue weighted by Crippen LogP contribution is -2.43. The van der Waals surface area contributed by atoms with Gasteiger partial charge in [0.15, 0.2) is 0 Å². The number of carbonyl (C=O) groups is 1. The Balaban J connectivity index is 1.37. The van der Waals surface area contributed by atoms with Gasteiger partial charge in [0, 0.05) is 67.8 Å². The maximum Gasteiger partial charge on any atom is 0.256 e. The predicted octanol–water partition coefficient (Wildman–Crippen LogP) is 3.30. The number of aromatic nitrogens is 3. The molecular formula is C24H24N6O. The molecule has 31 heavy (non-hydrogen) atoms. The Morgan fingerprint density at radius 3 is 2.68 bits per heavy atom. The molecule has 0 aliphatic carbocycles. The van der Waals surface area contributed by atoms with E-state index < -0.39 is 0 Å². The molecule has 1 saturated heterocycles. The van der Waals surface area contributed by atoms with Crippen molar-refractivity contribution in [2.75, 3.05) is 36.4 Å². The Morgan fingerprint density at radius 2 is 1.87 bits per heavy atom. The van der Waals surface area contributed by atoms with E-state index in [1.165, 1.54) is 0 Å². The summed E-state index contributed by atoms with van der Waals surface area (Å²) in [5.41, 5.74) is 3.83. The first kappa shape index (κ1) is 19.3. The fourth-order valence-electron chi connectivity index (χ4n) is 3.91. The van der Waals surface area contributed by atoms with Crippen LogP contribution < -0.4 is 15.5 Å². The van der Waals surface area contributed by atoms with Crippen molar-refractivity contribution in [3.05, 3.63) is 72.7 Å². The number of aryl methyl sites for hydroxylation is 1. The summed E-state index contributed by atoms with van der Waals surface area (Å²) in [5.74, 6) is 0.376. The van der Waals surface area contributed by atoms with E-state index >= 15 is 0 Å². The van der Waals surface area contributed by atoms with Crippen LogP contribution in [0.2, 0.25) is 0 Å². The molecule has 1 aliphatic heterocycles. The molecule has 4 aromatic rings. The standard InChI is InChI=1S/C24H24N6O/c1-29-16-21(15-27-29)17-5-6-19-14-26-23(13-20(19)11-17)28-24(31)18-3-2-4-22(12-18)30-9-7-25-8-10-30/h2-6,11-16,25H,7-10H2,1H3,(H,26,28,31). The van der Waals surface area contributed by atoms with E-state index in [1.54, 1.807) is 10.9 Å². The van der Waals surface area contributed by atoms with E-state index in [0.29, 0.717) is 11.4 Å². The van der Waals surface area contributed by atoms with Crippen LogP contribution in [-0.4, -0.2) is 46.9 Å². The van der Waals surface area contributed by atoms with Gasteiger partial charge in [0.2, 0.25) is 0 Å². The SMILES string of the molecule is Cn1cc(-c2ccc3cnc(NC(=O)c4cccc(N5CCNCC5)c4)cc3c2)cn1. The topological polar surface area (TPSA) is 75.1 Å². The summed E-state index contributed by atoms with van der Waals surface area (Å²) in [6, 6.07) is 15.9. The van der Waals surface area contributed by atoms with Crippen molar-refractivity contribution in [1.82, 2.24) is 20.1 Å². The minimum absolute atomic E-state index is 0.160. The summed E-state index contributed by atoms with van der Waals surface area (Å²) in [4.78, 5) is 19.6. The molecule has 1 amide bonds. The number of hydrogen-bond donors (Lipinski definition) is 2. The Kier molecular flexibility index (Phi) is 5.09. The molecule has 7 heteroatoms. The highest BCUT2D eigenvalue weighted by molar-refractivity contribution is 6.05. The van der Waals surface area contributed by atoms with Crippen LogP contribution in [0.25, 0.3) is 21.9 Å². The van der Waals surface area contributed by atoms with Gasteiger partial charge in [0.25, 0.3) is 5.91 Å². The third-order valence-corrected chi connectivity index (χ3v) is 5.59. The van der Waals surface area contributed by atoms with Gasteiger partial charge >= 0.3 is 0 Å². The van der Waals surface area contributed by atoms with E-state index in [2.05, 4.69) is 43.8 Å². The van der Waals surface area contributed by atoms with Gasteiger partial charge in [-0.05, 0) is 41.3 Å². The first-order valence-corrected chi connectivity index (χ1v) is 10.4. The summed E-state index contributed by atoms with van der Waals surface area (Å²) < 4.78 is 1.78. The second-order valence-electron chi connectivity index (χ2n) is 7.78. The third-order valence-electron chi connectivity index (χ3n) is 5.59. The van der Waals surface area contributed by atoms with Gasteiger partial charge in [-0.1, -0.05) is 18.2 Å². The van der Waals surface area contributed by atoms with Crippen molar-refractivity contribution in [3.8, 4) is 11.1 Å². The maximum atomic E-state index is 12.9. The van der Waals surface area contributed by atoms with Crippen LogP contribution in [0.4, 0.5) is 11.5 Å². The normalized spacial score (nSPS) is 14.0. The van der Waals surface area contributed by atoms with Gasteiger partial charge in [-0.3, -0.25) is 9.48 Å². The van der Waals surface area contributed by atoms with Crippen LogP contribution >= 0.6 is 0 Å². The highest BCUT2D eigenvalue weighted by atomic mass is 16.1. The molecule has 0 radical (unpaired) electrons. The smallest absolute Gasteiger partial charge is 0.256 e. The van der Waals surface area contributed by atoms with Crippen molar-refractivity contribution in [2.45, 2.75) is 0 Å². The third kappa shape index (κ3) is 4.13. The molecule has 0 saturated carbocycles. The highest BCUT2D eigenvalue weighted by Crippen LogP contribution is 2.25. The largest absolute Gasteiger partial charge is 0.369 e. The molecule has 0 spiro atoms. The summed E-state index contributed by atoms with van der Waals surface area (Å²) >= 11 is 0. The molecule has 2 aromatic carbocycles. The van der Waals surface area contributed by atoms with Crippen molar-refractivity contribution in [2.24, 2.45) is 7.05 Å². The quantitative estimate of drug-likeness (QED) is 0.538. The summed E-state index contributed by atoms with van der Waals surface area (Å²) in [6.07, 6.45) is 5.61. The number of anilines is 2. The monoisotopic (exact) mass is 412 g/mol. The van der Waals surface area contributed by atoms with Crippen molar-refractivity contribution >= 4 is 28.2 Å². The lowest BCUT2D eigenvalue weighted by molar-refractivity contribution is 0.102. The molecule has 0 bridgehead atoms. The lowest BCUT2D eigenvalue weighted by Gasteiger charge is -2.29. The molecule has 7 nitrogen and oxygen atoms in total. The number of benzene rings is 2. The second kappa shape index (κ2) is 8.20. The summed E-state index contributed by atoms with van der Waals surface area (Å²) in [7, 11) is 1.90. The molecule has 1 aliphatic rings. The van der Waals surface area contributed by atoms with Gasteiger partial charge < -0.3 is 15.5 Å². The van der Waals surface area contributed by atoms with Crippen LogP contribution in [0.15, 0.2) is 67.1 Å². The van der Waals surface area contributed by atoms with Crippen molar-refractivity contribution in [3.63, 3.8) is 0 Å². The highest BCUT2D eigenvalue weighted by Gasteiger charge is 2.13. The number of rotatable bonds is 4. The Bertz CT molecular complexity index is 1240. The molecule has 0 atom stereocenters. The van der Waals surface area contributed by atoms with E-state index in [0.717, 1.165) is 53.8 Å².